The van der Waals surface area contributed by atoms with Crippen LogP contribution in [0.25, 0.3) is 0 Å². The maximum Gasteiger partial charge on any atom is 0.330 e. The average Bonchev–Trinajstić information content (AvgIpc) is 2.26. The first kappa shape index (κ1) is 11.0. The molecule has 0 atom stereocenters. The number of benzene rings is 1. The van der Waals surface area contributed by atoms with E-state index >= 15 is 0 Å². The molecule has 3 nitrogen and oxygen atoms in total. The van der Waals surface area contributed by atoms with E-state index < -0.39 is 5.97 Å². The molecule has 0 spiro atoms. The molecule has 1 aromatic carbocycles. The first-order valence-corrected chi connectivity index (χ1v) is 4.53. The molecule has 1 aromatic rings. The molecule has 0 unspecified atom stereocenters. The van der Waals surface area contributed by atoms with Crippen molar-refractivity contribution in [3.05, 3.63) is 47.5 Å². The van der Waals surface area contributed by atoms with E-state index in [1.807, 2.05) is 18.2 Å². The molecule has 0 aromatic heterocycles. The predicted molar refractivity (Wildman–Crippen MR) is 56.3 cm³/mol. The molecule has 0 aliphatic carbocycles. The van der Waals surface area contributed by atoms with Crippen LogP contribution in [-0.2, 0) is 11.2 Å². The summed E-state index contributed by atoms with van der Waals surface area (Å²) in [6.45, 7) is 3.45. The van der Waals surface area contributed by atoms with E-state index in [1.165, 1.54) is 0 Å². The van der Waals surface area contributed by atoms with Gasteiger partial charge in [0.25, 0.3) is 0 Å². The van der Waals surface area contributed by atoms with Crippen molar-refractivity contribution in [3.8, 4) is 6.07 Å². The number of nitrogens with zero attached hydrogens (tertiary/aromatic N) is 1. The smallest absolute Gasteiger partial charge is 0.330 e. The van der Waals surface area contributed by atoms with E-state index in [-0.39, 0.29) is 5.57 Å². The van der Waals surface area contributed by atoms with Crippen LogP contribution in [0.3, 0.4) is 0 Å². The van der Waals surface area contributed by atoms with E-state index in [9.17, 15) is 4.79 Å². The molecular formula is C12H11NO2. The minimum absolute atomic E-state index is 0.208. The first-order valence-electron chi connectivity index (χ1n) is 4.53. The number of hydrogen-bond donors (Lipinski definition) is 1. The van der Waals surface area contributed by atoms with Gasteiger partial charge in [0.05, 0.1) is 11.6 Å². The third-order valence-corrected chi connectivity index (χ3v) is 2.10. The number of carbonyl (C=O) groups is 1. The molecule has 0 amide bonds. The van der Waals surface area contributed by atoms with Crippen molar-refractivity contribution in [3.63, 3.8) is 0 Å². The fourth-order valence-corrected chi connectivity index (χ4v) is 1.15. The van der Waals surface area contributed by atoms with Gasteiger partial charge < -0.3 is 5.11 Å². The van der Waals surface area contributed by atoms with Gasteiger partial charge in [-0.15, -0.1) is 0 Å². The number of aliphatic carboxylic acids is 1. The summed E-state index contributed by atoms with van der Waals surface area (Å²) in [4.78, 5) is 10.5. The van der Waals surface area contributed by atoms with Crippen molar-refractivity contribution in [2.75, 3.05) is 0 Å². The molecule has 1 N–H and O–H groups in total. The highest BCUT2D eigenvalue weighted by Crippen LogP contribution is 2.09. The molecule has 3 heteroatoms. The Morgan fingerprint density at radius 3 is 2.47 bits per heavy atom. The molecule has 76 valence electrons. The molecular weight excluding hydrogens is 190 g/mol. The summed E-state index contributed by atoms with van der Waals surface area (Å²) in [6, 6.07) is 9.12. The Balaban J connectivity index is 2.56. The quantitative estimate of drug-likeness (QED) is 0.759. The fourth-order valence-electron chi connectivity index (χ4n) is 1.15. The molecule has 1 rings (SSSR count). The fraction of sp³-hybridized carbons (Fsp3) is 0.167. The molecule has 0 radical (unpaired) electrons. The number of hydrogen-bond acceptors (Lipinski definition) is 2. The zero-order valence-electron chi connectivity index (χ0n) is 8.23. The SMILES string of the molecule is C=C(CCc1ccc(C#N)cc1)C(=O)O. The maximum absolute atomic E-state index is 10.5. The zero-order valence-corrected chi connectivity index (χ0v) is 8.23. The van der Waals surface area contributed by atoms with Crippen LogP contribution in [0, 0.1) is 11.3 Å². The van der Waals surface area contributed by atoms with E-state index in [4.69, 9.17) is 10.4 Å². The second kappa shape index (κ2) is 4.97. The number of nitriles is 1. The Labute approximate surface area is 88.3 Å². The summed E-state index contributed by atoms with van der Waals surface area (Å²) >= 11 is 0. The number of rotatable bonds is 4. The summed E-state index contributed by atoms with van der Waals surface area (Å²) in [7, 11) is 0. The van der Waals surface area contributed by atoms with E-state index in [1.54, 1.807) is 12.1 Å². The summed E-state index contributed by atoms with van der Waals surface area (Å²) in [6.07, 6.45) is 1.07. The Bertz CT molecular complexity index is 412. The molecule has 0 fully saturated rings. The highest BCUT2D eigenvalue weighted by Gasteiger charge is 2.03. The molecule has 0 bridgehead atoms. The van der Waals surface area contributed by atoms with Crippen LogP contribution in [0.2, 0.25) is 0 Å². The zero-order chi connectivity index (χ0) is 11.3. The first-order chi connectivity index (χ1) is 7.13. The standard InChI is InChI=1S/C12H11NO2/c1-9(12(14)15)2-3-10-4-6-11(8-13)7-5-10/h4-7H,1-3H2,(H,14,15). The Hall–Kier alpha value is -2.08. The Morgan fingerprint density at radius 1 is 1.40 bits per heavy atom. The van der Waals surface area contributed by atoms with E-state index in [0.717, 1.165) is 5.56 Å². The monoisotopic (exact) mass is 201 g/mol. The molecule has 0 aliphatic heterocycles. The maximum atomic E-state index is 10.5. The number of carboxylic acids is 1. The summed E-state index contributed by atoms with van der Waals surface area (Å²) in [5, 5.41) is 17.2. The van der Waals surface area contributed by atoms with Gasteiger partial charge in [-0.2, -0.15) is 5.26 Å². The average molecular weight is 201 g/mol. The van der Waals surface area contributed by atoms with Crippen LogP contribution in [-0.4, -0.2) is 11.1 Å². The highest BCUT2D eigenvalue weighted by atomic mass is 16.4. The van der Waals surface area contributed by atoms with Gasteiger partial charge in [-0.3, -0.25) is 0 Å². The molecule has 0 aliphatic rings. The van der Waals surface area contributed by atoms with Gasteiger partial charge in [0.2, 0.25) is 0 Å². The van der Waals surface area contributed by atoms with Gasteiger partial charge in [-0.05, 0) is 30.5 Å². The highest BCUT2D eigenvalue weighted by molar-refractivity contribution is 5.85. The molecule has 0 heterocycles. The topological polar surface area (TPSA) is 61.1 Å². The van der Waals surface area contributed by atoms with E-state index in [0.29, 0.717) is 18.4 Å². The minimum Gasteiger partial charge on any atom is -0.478 e. The minimum atomic E-state index is -0.955. The third kappa shape index (κ3) is 3.28. The lowest BCUT2D eigenvalue weighted by atomic mass is 10.0. The summed E-state index contributed by atoms with van der Waals surface area (Å²) in [5.74, 6) is -0.955. The van der Waals surface area contributed by atoms with Crippen molar-refractivity contribution >= 4 is 5.97 Å². The van der Waals surface area contributed by atoms with Crippen LogP contribution >= 0.6 is 0 Å². The lowest BCUT2D eigenvalue weighted by molar-refractivity contribution is -0.132. The van der Waals surface area contributed by atoms with Crippen LogP contribution < -0.4 is 0 Å². The van der Waals surface area contributed by atoms with Crippen molar-refractivity contribution in [1.29, 1.82) is 5.26 Å². The number of aryl methyl sites for hydroxylation is 1. The van der Waals surface area contributed by atoms with Crippen LogP contribution in [0.4, 0.5) is 0 Å². The van der Waals surface area contributed by atoms with Crippen molar-refractivity contribution < 1.29 is 9.90 Å². The van der Waals surface area contributed by atoms with Crippen molar-refractivity contribution in [1.82, 2.24) is 0 Å². The van der Waals surface area contributed by atoms with Gasteiger partial charge >= 0.3 is 5.97 Å². The van der Waals surface area contributed by atoms with Crippen molar-refractivity contribution in [2.24, 2.45) is 0 Å². The van der Waals surface area contributed by atoms with Gasteiger partial charge in [0.1, 0.15) is 0 Å². The summed E-state index contributed by atoms with van der Waals surface area (Å²) in [5.41, 5.74) is 1.83. The third-order valence-electron chi connectivity index (χ3n) is 2.10. The molecule has 15 heavy (non-hydrogen) atoms. The van der Waals surface area contributed by atoms with Gasteiger partial charge in [0, 0.05) is 5.57 Å². The second-order valence-electron chi connectivity index (χ2n) is 3.22. The lowest BCUT2D eigenvalue weighted by Crippen LogP contribution is -2.00. The largest absolute Gasteiger partial charge is 0.478 e. The normalized spacial score (nSPS) is 9.27. The van der Waals surface area contributed by atoms with Gasteiger partial charge in [0.15, 0.2) is 0 Å². The molecule has 0 saturated carbocycles. The Kier molecular flexibility index (Phi) is 3.64. The van der Waals surface area contributed by atoms with Crippen LogP contribution in [0.1, 0.15) is 17.5 Å². The Morgan fingerprint density at radius 2 is 2.00 bits per heavy atom. The van der Waals surface area contributed by atoms with Crippen molar-refractivity contribution in [2.45, 2.75) is 12.8 Å². The molecule has 0 saturated heterocycles. The lowest BCUT2D eigenvalue weighted by Gasteiger charge is -2.01. The summed E-state index contributed by atoms with van der Waals surface area (Å²) < 4.78 is 0. The van der Waals surface area contributed by atoms with Gasteiger partial charge in [-0.25, -0.2) is 4.79 Å². The van der Waals surface area contributed by atoms with Gasteiger partial charge in [-0.1, -0.05) is 18.7 Å². The van der Waals surface area contributed by atoms with Crippen LogP contribution in [0.5, 0.6) is 0 Å². The van der Waals surface area contributed by atoms with E-state index in [2.05, 4.69) is 6.58 Å². The number of carboxylic acid groups (broad SMARTS) is 1. The predicted octanol–water partition coefficient (Wildman–Crippen LogP) is 2.13. The second-order valence-corrected chi connectivity index (χ2v) is 3.22. The van der Waals surface area contributed by atoms with Crippen LogP contribution in [0.15, 0.2) is 36.4 Å².